The van der Waals surface area contributed by atoms with Crippen molar-refractivity contribution in [1.29, 1.82) is 0 Å². The average molecular weight is 450 g/mol. The second-order valence-electron chi connectivity index (χ2n) is 8.11. The van der Waals surface area contributed by atoms with Crippen LogP contribution in [0.25, 0.3) is 22.2 Å². The van der Waals surface area contributed by atoms with E-state index in [-0.39, 0.29) is 23.3 Å². The van der Waals surface area contributed by atoms with Gasteiger partial charge in [0.25, 0.3) is 5.91 Å². The van der Waals surface area contributed by atoms with E-state index >= 15 is 0 Å². The molecule has 2 aromatic heterocycles. The normalized spacial score (nSPS) is 12.2. The van der Waals surface area contributed by atoms with Gasteiger partial charge in [0, 0.05) is 24.4 Å². The number of aliphatic carboxylic acids is 1. The van der Waals surface area contributed by atoms with Crippen LogP contribution in [-0.2, 0) is 18.0 Å². The molecule has 2 heterocycles. The summed E-state index contributed by atoms with van der Waals surface area (Å²) in [6, 6.07) is 5.65. The summed E-state index contributed by atoms with van der Waals surface area (Å²) < 4.78 is 40.5. The summed E-state index contributed by atoms with van der Waals surface area (Å²) in [5.74, 6) is -2.47. The van der Waals surface area contributed by atoms with Gasteiger partial charge in [-0.15, -0.1) is 0 Å². The van der Waals surface area contributed by atoms with E-state index in [0.29, 0.717) is 5.39 Å². The van der Waals surface area contributed by atoms with E-state index in [4.69, 9.17) is 0 Å². The van der Waals surface area contributed by atoms with Crippen LogP contribution in [-0.4, -0.2) is 43.4 Å². The van der Waals surface area contributed by atoms with E-state index in [1.807, 2.05) is 0 Å². The number of fused-ring (bicyclic) bond motifs is 1. The molecule has 11 heteroatoms. The van der Waals surface area contributed by atoms with Crippen molar-refractivity contribution in [3.8, 4) is 17.1 Å². The van der Waals surface area contributed by atoms with Gasteiger partial charge in [0.2, 0.25) is 0 Å². The maximum Gasteiger partial charge on any atom is 0.435 e. The van der Waals surface area contributed by atoms with E-state index in [9.17, 15) is 33.0 Å². The summed E-state index contributed by atoms with van der Waals surface area (Å²) in [5.41, 5.74) is -2.07. The fourth-order valence-electron chi connectivity index (χ4n) is 3.05. The minimum Gasteiger partial charge on any atom is -0.505 e. The molecule has 0 unspecified atom stereocenters. The largest absolute Gasteiger partial charge is 0.505 e. The van der Waals surface area contributed by atoms with Crippen LogP contribution in [0.3, 0.4) is 0 Å². The van der Waals surface area contributed by atoms with Crippen molar-refractivity contribution in [3.63, 3.8) is 0 Å². The first-order valence-electron chi connectivity index (χ1n) is 9.49. The molecule has 0 saturated carbocycles. The molecule has 0 aliphatic rings. The Balaban J connectivity index is 2.18. The molecular formula is C21H21F3N4O4. The highest BCUT2D eigenvalue weighted by Crippen LogP contribution is 2.37. The van der Waals surface area contributed by atoms with Crippen LogP contribution < -0.4 is 5.32 Å². The van der Waals surface area contributed by atoms with Crippen molar-refractivity contribution in [2.45, 2.75) is 26.9 Å². The molecule has 3 aromatic rings. The number of pyridine rings is 1. The zero-order valence-electron chi connectivity index (χ0n) is 17.7. The summed E-state index contributed by atoms with van der Waals surface area (Å²) in [5, 5.41) is 26.4. The zero-order chi connectivity index (χ0) is 24.0. The molecule has 1 amide bonds. The number of carbonyl (C=O) groups excluding carboxylic acids is 1. The lowest BCUT2D eigenvalue weighted by atomic mass is 9.94. The molecule has 3 N–H and O–H groups in total. The molecule has 0 fully saturated rings. The van der Waals surface area contributed by atoms with E-state index in [1.54, 1.807) is 19.1 Å². The van der Waals surface area contributed by atoms with Crippen LogP contribution in [0.5, 0.6) is 5.75 Å². The third-order valence-electron chi connectivity index (χ3n) is 5.03. The highest BCUT2D eigenvalue weighted by molar-refractivity contribution is 6.06. The smallest absolute Gasteiger partial charge is 0.435 e. The molecule has 1 aromatic carbocycles. The lowest BCUT2D eigenvalue weighted by Crippen LogP contribution is -2.39. The van der Waals surface area contributed by atoms with Crippen LogP contribution in [0.1, 0.15) is 35.6 Å². The maximum absolute atomic E-state index is 13.2. The molecule has 3 rings (SSSR count). The maximum atomic E-state index is 13.2. The van der Waals surface area contributed by atoms with Crippen LogP contribution in [0.4, 0.5) is 13.2 Å². The number of nitrogens with one attached hydrogen (secondary N) is 1. The lowest BCUT2D eigenvalue weighted by Gasteiger charge is -2.20. The predicted molar refractivity (Wildman–Crippen MR) is 109 cm³/mol. The van der Waals surface area contributed by atoms with Gasteiger partial charge in [0.15, 0.2) is 17.1 Å². The minimum absolute atomic E-state index is 0.00663. The Hall–Kier alpha value is -3.63. The number of nitrogens with zero attached hydrogens (tertiary/aromatic N) is 3. The number of benzene rings is 1. The van der Waals surface area contributed by atoms with Gasteiger partial charge in [-0.05, 0) is 32.9 Å². The second-order valence-corrected chi connectivity index (χ2v) is 8.11. The van der Waals surface area contributed by atoms with Gasteiger partial charge in [-0.1, -0.05) is 17.7 Å². The van der Waals surface area contributed by atoms with Crippen molar-refractivity contribution < 1.29 is 33.0 Å². The Kier molecular flexibility index (Phi) is 5.62. The monoisotopic (exact) mass is 450 g/mol. The van der Waals surface area contributed by atoms with E-state index in [0.717, 1.165) is 16.3 Å². The molecule has 0 aliphatic heterocycles. The third-order valence-corrected chi connectivity index (χ3v) is 5.03. The molecule has 32 heavy (non-hydrogen) atoms. The summed E-state index contributed by atoms with van der Waals surface area (Å²) in [7, 11) is 1.32. The highest BCUT2D eigenvalue weighted by atomic mass is 19.4. The summed E-state index contributed by atoms with van der Waals surface area (Å²) in [4.78, 5) is 28.2. The molecule has 0 saturated heterocycles. The average Bonchev–Trinajstić information content (AvgIpc) is 3.08. The van der Waals surface area contributed by atoms with Gasteiger partial charge in [-0.2, -0.15) is 18.3 Å². The van der Waals surface area contributed by atoms with Crippen molar-refractivity contribution in [1.82, 2.24) is 20.1 Å². The molecule has 170 valence electrons. The number of carboxylic acids is 1. The standard InChI is InChI=1S/C21H21F3N4O4/c1-10-5-6-11-12(7-10)15(13-8-14(21(22,23)24)27-28(13)4)26-16(17(11)29)18(30)25-9-20(2,3)19(31)32/h5-8,29H,9H2,1-4H3,(H,25,30)(H,31,32). The Bertz CT molecular complexity index is 1230. The molecular weight excluding hydrogens is 429 g/mol. The second kappa shape index (κ2) is 7.81. The Labute approximate surface area is 180 Å². The number of aromatic nitrogens is 3. The predicted octanol–water partition coefficient (Wildman–Crippen LogP) is 3.51. The first-order chi connectivity index (χ1) is 14.7. The van der Waals surface area contributed by atoms with Crippen LogP contribution in [0, 0.1) is 12.3 Å². The molecule has 0 aliphatic carbocycles. The zero-order valence-corrected chi connectivity index (χ0v) is 17.7. The summed E-state index contributed by atoms with van der Waals surface area (Å²) in [6.07, 6.45) is -4.68. The summed E-state index contributed by atoms with van der Waals surface area (Å²) >= 11 is 0. The number of amides is 1. The van der Waals surface area contributed by atoms with Gasteiger partial charge in [-0.25, -0.2) is 4.98 Å². The third kappa shape index (κ3) is 4.23. The number of hydrogen-bond donors (Lipinski definition) is 3. The first-order valence-corrected chi connectivity index (χ1v) is 9.49. The lowest BCUT2D eigenvalue weighted by molar-refractivity contribution is -0.146. The van der Waals surface area contributed by atoms with E-state index < -0.39 is 40.6 Å². The van der Waals surface area contributed by atoms with E-state index in [1.165, 1.54) is 27.0 Å². The number of carbonyl (C=O) groups is 2. The number of aromatic hydroxyl groups is 1. The SMILES string of the molecule is Cc1ccc2c(O)c(C(=O)NCC(C)(C)C(=O)O)nc(-c3cc(C(F)(F)F)nn3C)c2c1. The Morgan fingerprint density at radius 2 is 1.81 bits per heavy atom. The van der Waals surface area contributed by atoms with Crippen molar-refractivity contribution in [3.05, 3.63) is 41.2 Å². The van der Waals surface area contributed by atoms with Gasteiger partial charge < -0.3 is 15.5 Å². The van der Waals surface area contributed by atoms with Crippen LogP contribution >= 0.6 is 0 Å². The Morgan fingerprint density at radius 1 is 1.16 bits per heavy atom. The highest BCUT2D eigenvalue weighted by Gasteiger charge is 2.35. The van der Waals surface area contributed by atoms with Crippen molar-refractivity contribution in [2.24, 2.45) is 12.5 Å². The number of rotatable bonds is 5. The van der Waals surface area contributed by atoms with E-state index in [2.05, 4.69) is 15.4 Å². The fourth-order valence-corrected chi connectivity index (χ4v) is 3.05. The number of hydrogen-bond acceptors (Lipinski definition) is 5. The number of halogens is 3. The van der Waals surface area contributed by atoms with Gasteiger partial charge in [-0.3, -0.25) is 14.3 Å². The molecule has 8 nitrogen and oxygen atoms in total. The molecule has 0 spiro atoms. The van der Waals surface area contributed by atoms with Gasteiger partial charge in [0.05, 0.1) is 16.8 Å². The van der Waals surface area contributed by atoms with Crippen molar-refractivity contribution >= 4 is 22.6 Å². The summed E-state index contributed by atoms with van der Waals surface area (Å²) in [6.45, 7) is 4.32. The molecule has 0 atom stereocenters. The van der Waals surface area contributed by atoms with Crippen molar-refractivity contribution in [2.75, 3.05) is 6.54 Å². The van der Waals surface area contributed by atoms with Crippen LogP contribution in [0.2, 0.25) is 0 Å². The van der Waals surface area contributed by atoms with Gasteiger partial charge in [0.1, 0.15) is 0 Å². The number of alkyl halides is 3. The molecule has 0 radical (unpaired) electrons. The number of aryl methyl sites for hydroxylation is 2. The first kappa shape index (κ1) is 23.0. The quantitative estimate of drug-likeness (QED) is 0.548. The minimum atomic E-state index is -4.68. The van der Waals surface area contributed by atoms with Crippen LogP contribution in [0.15, 0.2) is 24.3 Å². The topological polar surface area (TPSA) is 117 Å². The molecule has 0 bridgehead atoms. The number of carboxylic acid groups (broad SMARTS) is 1. The fraction of sp³-hybridized carbons (Fsp3) is 0.333. The van der Waals surface area contributed by atoms with Gasteiger partial charge >= 0.3 is 12.1 Å². The Morgan fingerprint density at radius 3 is 2.38 bits per heavy atom.